The van der Waals surface area contributed by atoms with Gasteiger partial charge in [0.25, 0.3) is 5.91 Å². The predicted octanol–water partition coefficient (Wildman–Crippen LogP) is 3.76. The van der Waals surface area contributed by atoms with E-state index in [1.165, 1.54) is 0 Å². The van der Waals surface area contributed by atoms with Crippen molar-refractivity contribution < 1.29 is 9.53 Å². The number of rotatable bonds is 6. The van der Waals surface area contributed by atoms with Crippen molar-refractivity contribution >= 4 is 5.91 Å². The van der Waals surface area contributed by atoms with Gasteiger partial charge in [0.2, 0.25) is 0 Å². The van der Waals surface area contributed by atoms with Gasteiger partial charge in [0, 0.05) is 18.1 Å². The van der Waals surface area contributed by atoms with Crippen molar-refractivity contribution in [2.75, 3.05) is 6.61 Å². The third kappa shape index (κ3) is 3.88. The lowest BCUT2D eigenvalue weighted by atomic mass is 10.1. The molecule has 0 saturated heterocycles. The standard InChI is InChI=1S/C20H21N3O2/c1-3-25-19-7-5-4-6-18(19)20(24)22-15(2)16-8-10-17(11-9-16)23-13-12-21-14-23/h4-15H,3H2,1-2H3,(H,22,24)/t15-/m0/s1. The molecule has 5 nitrogen and oxygen atoms in total. The first-order valence-electron chi connectivity index (χ1n) is 8.30. The summed E-state index contributed by atoms with van der Waals surface area (Å²) in [6.07, 6.45) is 5.39. The Hall–Kier alpha value is -3.08. The SMILES string of the molecule is CCOc1ccccc1C(=O)N[C@@H](C)c1ccc(-n2ccnc2)cc1. The fraction of sp³-hybridized carbons (Fsp3) is 0.200. The molecule has 1 aromatic heterocycles. The molecule has 0 radical (unpaired) electrons. The van der Waals surface area contributed by atoms with Gasteiger partial charge < -0.3 is 14.6 Å². The molecule has 2 aromatic carbocycles. The highest BCUT2D eigenvalue weighted by Gasteiger charge is 2.15. The first kappa shape index (κ1) is 16.8. The second kappa shape index (κ2) is 7.66. The number of carbonyl (C=O) groups is 1. The van der Waals surface area contributed by atoms with Gasteiger partial charge in [-0.15, -0.1) is 0 Å². The molecule has 128 valence electrons. The minimum Gasteiger partial charge on any atom is -0.493 e. The first-order chi connectivity index (χ1) is 12.2. The number of nitrogens with one attached hydrogen (secondary N) is 1. The molecule has 3 rings (SSSR count). The average molecular weight is 335 g/mol. The van der Waals surface area contributed by atoms with Gasteiger partial charge in [-0.05, 0) is 43.7 Å². The highest BCUT2D eigenvalue weighted by atomic mass is 16.5. The fourth-order valence-electron chi connectivity index (χ4n) is 2.64. The van der Waals surface area contributed by atoms with Crippen molar-refractivity contribution in [3.8, 4) is 11.4 Å². The van der Waals surface area contributed by atoms with Crippen LogP contribution in [0.3, 0.4) is 0 Å². The maximum Gasteiger partial charge on any atom is 0.255 e. The maximum atomic E-state index is 12.6. The summed E-state index contributed by atoms with van der Waals surface area (Å²) in [7, 11) is 0. The topological polar surface area (TPSA) is 56.1 Å². The van der Waals surface area contributed by atoms with Crippen LogP contribution in [0.4, 0.5) is 0 Å². The van der Waals surface area contributed by atoms with Gasteiger partial charge in [-0.25, -0.2) is 4.98 Å². The number of hydrogen-bond acceptors (Lipinski definition) is 3. The van der Waals surface area contributed by atoms with E-state index >= 15 is 0 Å². The van der Waals surface area contributed by atoms with Gasteiger partial charge in [-0.3, -0.25) is 4.79 Å². The smallest absolute Gasteiger partial charge is 0.255 e. The van der Waals surface area contributed by atoms with Crippen LogP contribution in [-0.4, -0.2) is 22.1 Å². The van der Waals surface area contributed by atoms with Crippen LogP contribution >= 0.6 is 0 Å². The van der Waals surface area contributed by atoms with E-state index < -0.39 is 0 Å². The Balaban J connectivity index is 1.71. The Morgan fingerprint density at radius 3 is 2.64 bits per heavy atom. The van der Waals surface area contributed by atoms with Gasteiger partial charge in [0.15, 0.2) is 0 Å². The summed E-state index contributed by atoms with van der Waals surface area (Å²) in [5.74, 6) is 0.459. The van der Waals surface area contributed by atoms with Crippen molar-refractivity contribution in [2.24, 2.45) is 0 Å². The number of aromatic nitrogens is 2. The molecule has 3 aromatic rings. The van der Waals surface area contributed by atoms with Crippen molar-refractivity contribution in [1.29, 1.82) is 0 Å². The minimum absolute atomic E-state index is 0.112. The van der Waals surface area contributed by atoms with E-state index in [0.29, 0.717) is 17.9 Å². The molecule has 1 N–H and O–H groups in total. The summed E-state index contributed by atoms with van der Waals surface area (Å²) >= 11 is 0. The summed E-state index contributed by atoms with van der Waals surface area (Å²) in [6, 6.07) is 15.2. The van der Waals surface area contributed by atoms with Gasteiger partial charge in [-0.2, -0.15) is 0 Å². The molecule has 0 spiro atoms. The van der Waals surface area contributed by atoms with Gasteiger partial charge in [-0.1, -0.05) is 24.3 Å². The van der Waals surface area contributed by atoms with E-state index in [0.717, 1.165) is 11.3 Å². The van der Waals surface area contributed by atoms with Crippen LogP contribution in [0.2, 0.25) is 0 Å². The van der Waals surface area contributed by atoms with Crippen LogP contribution < -0.4 is 10.1 Å². The minimum atomic E-state index is -0.143. The first-order valence-corrected chi connectivity index (χ1v) is 8.30. The zero-order valence-corrected chi connectivity index (χ0v) is 14.3. The van der Waals surface area contributed by atoms with Crippen molar-refractivity contribution in [2.45, 2.75) is 19.9 Å². The Kier molecular flexibility index (Phi) is 5.14. The number of amides is 1. The lowest BCUT2D eigenvalue weighted by Crippen LogP contribution is -2.27. The zero-order chi connectivity index (χ0) is 17.6. The number of imidazole rings is 1. The third-order valence-corrected chi connectivity index (χ3v) is 3.97. The van der Waals surface area contributed by atoms with Crippen molar-refractivity contribution in [1.82, 2.24) is 14.9 Å². The molecule has 0 aliphatic heterocycles. The number of hydrogen-bond donors (Lipinski definition) is 1. The van der Waals surface area contributed by atoms with Crippen LogP contribution in [0.1, 0.15) is 35.8 Å². The molecule has 1 heterocycles. The van der Waals surface area contributed by atoms with Gasteiger partial charge in [0.1, 0.15) is 5.75 Å². The van der Waals surface area contributed by atoms with Crippen LogP contribution in [0.15, 0.2) is 67.3 Å². The zero-order valence-electron chi connectivity index (χ0n) is 14.3. The monoisotopic (exact) mass is 335 g/mol. The summed E-state index contributed by atoms with van der Waals surface area (Å²) in [5, 5.41) is 3.03. The number of carbonyl (C=O) groups excluding carboxylic acids is 1. The molecule has 0 bridgehead atoms. The Bertz CT molecular complexity index is 826. The normalized spacial score (nSPS) is 11.8. The Labute approximate surface area is 147 Å². The van der Waals surface area contributed by atoms with E-state index in [1.807, 2.05) is 67.1 Å². The van der Waals surface area contributed by atoms with Crippen LogP contribution in [0.25, 0.3) is 5.69 Å². The summed E-state index contributed by atoms with van der Waals surface area (Å²) < 4.78 is 7.47. The third-order valence-electron chi connectivity index (χ3n) is 3.97. The largest absolute Gasteiger partial charge is 0.493 e. The van der Waals surface area contributed by atoms with Gasteiger partial charge >= 0.3 is 0 Å². The van der Waals surface area contributed by atoms with E-state index in [4.69, 9.17) is 4.74 Å². The average Bonchev–Trinajstić information content (AvgIpc) is 3.17. The van der Waals surface area contributed by atoms with E-state index in [2.05, 4.69) is 10.3 Å². The summed E-state index contributed by atoms with van der Waals surface area (Å²) in [4.78, 5) is 16.6. The van der Waals surface area contributed by atoms with Crippen LogP contribution in [-0.2, 0) is 0 Å². The van der Waals surface area contributed by atoms with E-state index in [-0.39, 0.29) is 11.9 Å². The summed E-state index contributed by atoms with van der Waals surface area (Å²) in [5.41, 5.74) is 2.61. The van der Waals surface area contributed by atoms with Gasteiger partial charge in [0.05, 0.1) is 24.5 Å². The number of ether oxygens (including phenoxy) is 1. The second-order valence-corrected chi connectivity index (χ2v) is 5.69. The molecule has 0 aliphatic rings. The number of nitrogens with zero attached hydrogens (tertiary/aromatic N) is 2. The molecule has 0 saturated carbocycles. The maximum absolute atomic E-state index is 12.6. The Morgan fingerprint density at radius 2 is 1.96 bits per heavy atom. The lowest BCUT2D eigenvalue weighted by Gasteiger charge is -2.16. The molecule has 5 heteroatoms. The van der Waals surface area contributed by atoms with Crippen LogP contribution in [0, 0.1) is 0 Å². The molecular weight excluding hydrogens is 314 g/mol. The van der Waals surface area contributed by atoms with Crippen molar-refractivity contribution in [3.05, 3.63) is 78.4 Å². The summed E-state index contributed by atoms with van der Waals surface area (Å²) in [6.45, 7) is 4.39. The quantitative estimate of drug-likeness (QED) is 0.746. The second-order valence-electron chi connectivity index (χ2n) is 5.69. The molecular formula is C20H21N3O2. The number of benzene rings is 2. The highest BCUT2D eigenvalue weighted by molar-refractivity contribution is 5.97. The molecule has 0 unspecified atom stereocenters. The fourth-order valence-corrected chi connectivity index (χ4v) is 2.64. The molecule has 1 amide bonds. The molecule has 0 fully saturated rings. The van der Waals surface area contributed by atoms with Crippen LogP contribution in [0.5, 0.6) is 5.75 Å². The Morgan fingerprint density at radius 1 is 1.20 bits per heavy atom. The highest BCUT2D eigenvalue weighted by Crippen LogP contribution is 2.20. The number of para-hydroxylation sites is 1. The predicted molar refractivity (Wildman–Crippen MR) is 97.1 cm³/mol. The lowest BCUT2D eigenvalue weighted by molar-refractivity contribution is 0.0936. The van der Waals surface area contributed by atoms with E-state index in [9.17, 15) is 4.79 Å². The molecule has 0 aliphatic carbocycles. The molecule has 25 heavy (non-hydrogen) atoms. The van der Waals surface area contributed by atoms with Crippen molar-refractivity contribution in [3.63, 3.8) is 0 Å². The van der Waals surface area contributed by atoms with E-state index in [1.54, 1.807) is 18.6 Å². The molecule has 1 atom stereocenters.